The Labute approximate surface area is 137 Å². The number of rotatable bonds is 3. The zero-order valence-corrected chi connectivity index (χ0v) is 13.8. The second kappa shape index (κ2) is 6.71. The zero-order chi connectivity index (χ0) is 16.4. The Bertz CT molecular complexity index is 594. The molecule has 3 rings (SSSR count). The number of esters is 1. The summed E-state index contributed by atoms with van der Waals surface area (Å²) in [5.41, 5.74) is 2.25. The van der Waals surface area contributed by atoms with Crippen LogP contribution in [0.5, 0.6) is 0 Å². The molecule has 2 fully saturated rings. The quantitative estimate of drug-likeness (QED) is 0.791. The van der Waals surface area contributed by atoms with Crippen molar-refractivity contribution in [2.24, 2.45) is 0 Å². The summed E-state index contributed by atoms with van der Waals surface area (Å²) in [5, 5.41) is 0. The summed E-state index contributed by atoms with van der Waals surface area (Å²) in [6, 6.07) is 7.88. The molecule has 0 saturated carbocycles. The van der Waals surface area contributed by atoms with E-state index in [0.29, 0.717) is 19.5 Å². The number of carbonyl (C=O) groups is 2. The number of benzene rings is 1. The Kier molecular flexibility index (Phi) is 4.66. The molecule has 2 aliphatic rings. The van der Waals surface area contributed by atoms with E-state index in [9.17, 15) is 9.59 Å². The van der Waals surface area contributed by atoms with Crippen LogP contribution in [0.2, 0.25) is 0 Å². The minimum atomic E-state index is -0.126. The van der Waals surface area contributed by atoms with Gasteiger partial charge in [-0.3, -0.25) is 14.5 Å². The van der Waals surface area contributed by atoms with Crippen molar-refractivity contribution in [3.63, 3.8) is 0 Å². The van der Waals surface area contributed by atoms with Crippen molar-refractivity contribution in [2.75, 3.05) is 26.2 Å². The van der Waals surface area contributed by atoms with Crippen LogP contribution >= 0.6 is 0 Å². The largest absolute Gasteiger partial charge is 0.461 e. The third-order valence-electron chi connectivity index (χ3n) is 4.86. The standard InChI is InChI=1S/C18H24N2O3/c1-13-5-3-4-6-15(13)12-17(21)20-9-7-19(8-10-20)16-11-14(2)23-18(16)22/h3-6,14,16H,7-12H2,1-2H3/t14-,16-/m0/s1. The molecule has 1 amide bonds. The van der Waals surface area contributed by atoms with Crippen LogP contribution in [-0.4, -0.2) is 60.0 Å². The van der Waals surface area contributed by atoms with E-state index in [4.69, 9.17) is 4.74 Å². The summed E-state index contributed by atoms with van der Waals surface area (Å²) in [6.45, 7) is 6.82. The molecule has 0 aliphatic carbocycles. The van der Waals surface area contributed by atoms with E-state index in [-0.39, 0.29) is 24.0 Å². The monoisotopic (exact) mass is 316 g/mol. The Morgan fingerprint density at radius 3 is 2.52 bits per heavy atom. The third kappa shape index (κ3) is 3.55. The van der Waals surface area contributed by atoms with Crippen LogP contribution < -0.4 is 0 Å². The number of cyclic esters (lactones) is 1. The van der Waals surface area contributed by atoms with Crippen LogP contribution in [0.1, 0.15) is 24.5 Å². The van der Waals surface area contributed by atoms with Gasteiger partial charge < -0.3 is 9.64 Å². The molecule has 1 aromatic carbocycles. The second-order valence-corrected chi connectivity index (χ2v) is 6.52. The number of amides is 1. The van der Waals surface area contributed by atoms with Gasteiger partial charge in [0.2, 0.25) is 5.91 Å². The number of hydrogen-bond acceptors (Lipinski definition) is 4. The first-order valence-corrected chi connectivity index (χ1v) is 8.31. The summed E-state index contributed by atoms with van der Waals surface area (Å²) in [6.07, 6.45) is 1.22. The van der Waals surface area contributed by atoms with E-state index >= 15 is 0 Å². The maximum atomic E-state index is 12.5. The molecule has 1 aromatic rings. The van der Waals surface area contributed by atoms with Crippen molar-refractivity contribution in [3.05, 3.63) is 35.4 Å². The fraction of sp³-hybridized carbons (Fsp3) is 0.556. The van der Waals surface area contributed by atoms with Crippen LogP contribution in [-0.2, 0) is 20.7 Å². The van der Waals surface area contributed by atoms with Crippen molar-refractivity contribution in [2.45, 2.75) is 38.8 Å². The van der Waals surface area contributed by atoms with Gasteiger partial charge >= 0.3 is 5.97 Å². The Hall–Kier alpha value is -1.88. The van der Waals surface area contributed by atoms with Gasteiger partial charge in [0.15, 0.2) is 0 Å². The number of aryl methyl sites for hydroxylation is 1. The smallest absolute Gasteiger partial charge is 0.323 e. The van der Waals surface area contributed by atoms with E-state index in [2.05, 4.69) is 4.90 Å². The maximum Gasteiger partial charge on any atom is 0.323 e. The summed E-state index contributed by atoms with van der Waals surface area (Å²) in [5.74, 6) is 0.0542. The molecule has 0 spiro atoms. The first kappa shape index (κ1) is 16.0. The van der Waals surface area contributed by atoms with Gasteiger partial charge in [0.25, 0.3) is 0 Å². The van der Waals surface area contributed by atoms with Crippen LogP contribution in [0.15, 0.2) is 24.3 Å². The Morgan fingerprint density at radius 2 is 1.91 bits per heavy atom. The molecule has 5 nitrogen and oxygen atoms in total. The van der Waals surface area contributed by atoms with Gasteiger partial charge in [-0.1, -0.05) is 24.3 Å². The fourth-order valence-corrected chi connectivity index (χ4v) is 3.40. The van der Waals surface area contributed by atoms with Gasteiger partial charge in [0, 0.05) is 32.6 Å². The van der Waals surface area contributed by atoms with Crippen LogP contribution in [0, 0.1) is 6.92 Å². The lowest BCUT2D eigenvalue weighted by Crippen LogP contribution is -2.53. The van der Waals surface area contributed by atoms with E-state index in [1.807, 2.05) is 43.0 Å². The topological polar surface area (TPSA) is 49.9 Å². The van der Waals surface area contributed by atoms with Crippen molar-refractivity contribution in [1.29, 1.82) is 0 Å². The molecule has 0 unspecified atom stereocenters. The highest BCUT2D eigenvalue weighted by molar-refractivity contribution is 5.80. The molecule has 23 heavy (non-hydrogen) atoms. The number of piperazine rings is 1. The van der Waals surface area contributed by atoms with Crippen LogP contribution in [0.3, 0.4) is 0 Å². The minimum Gasteiger partial charge on any atom is -0.461 e. The van der Waals surface area contributed by atoms with Crippen molar-refractivity contribution >= 4 is 11.9 Å². The van der Waals surface area contributed by atoms with Gasteiger partial charge in [-0.25, -0.2) is 0 Å². The SMILES string of the molecule is Cc1ccccc1CC(=O)N1CCN([C@H]2C[C@H](C)OC2=O)CC1. The molecule has 5 heteroatoms. The Balaban J connectivity index is 1.54. The van der Waals surface area contributed by atoms with E-state index < -0.39 is 0 Å². The molecule has 0 bridgehead atoms. The Morgan fingerprint density at radius 1 is 1.22 bits per heavy atom. The lowest BCUT2D eigenvalue weighted by molar-refractivity contribution is -0.145. The first-order chi connectivity index (χ1) is 11.0. The second-order valence-electron chi connectivity index (χ2n) is 6.52. The average Bonchev–Trinajstić information content (AvgIpc) is 2.88. The highest BCUT2D eigenvalue weighted by Gasteiger charge is 2.38. The molecule has 0 aromatic heterocycles. The fourth-order valence-electron chi connectivity index (χ4n) is 3.40. The van der Waals surface area contributed by atoms with Gasteiger partial charge in [-0.15, -0.1) is 0 Å². The van der Waals surface area contributed by atoms with E-state index in [1.165, 1.54) is 0 Å². The number of carbonyl (C=O) groups excluding carboxylic acids is 2. The molecule has 0 N–H and O–H groups in total. The normalized spacial score (nSPS) is 25.5. The molecule has 124 valence electrons. The first-order valence-electron chi connectivity index (χ1n) is 8.31. The molecular weight excluding hydrogens is 292 g/mol. The van der Waals surface area contributed by atoms with Crippen molar-refractivity contribution in [1.82, 2.24) is 9.80 Å². The lowest BCUT2D eigenvalue weighted by atomic mass is 10.0. The summed E-state index contributed by atoms with van der Waals surface area (Å²) >= 11 is 0. The lowest BCUT2D eigenvalue weighted by Gasteiger charge is -2.36. The van der Waals surface area contributed by atoms with Crippen LogP contribution in [0.4, 0.5) is 0 Å². The van der Waals surface area contributed by atoms with Crippen LogP contribution in [0.25, 0.3) is 0 Å². The van der Waals surface area contributed by atoms with Gasteiger partial charge in [0.1, 0.15) is 12.1 Å². The molecule has 0 radical (unpaired) electrons. The zero-order valence-electron chi connectivity index (χ0n) is 13.8. The van der Waals surface area contributed by atoms with Gasteiger partial charge in [-0.05, 0) is 25.0 Å². The molecule has 2 aliphatic heterocycles. The number of nitrogens with zero attached hydrogens (tertiary/aromatic N) is 2. The van der Waals surface area contributed by atoms with E-state index in [0.717, 1.165) is 30.6 Å². The number of hydrogen-bond donors (Lipinski definition) is 0. The minimum absolute atomic E-state index is 0.00761. The predicted molar refractivity (Wildman–Crippen MR) is 87.0 cm³/mol. The highest BCUT2D eigenvalue weighted by Crippen LogP contribution is 2.21. The maximum absolute atomic E-state index is 12.5. The molecule has 2 atom stereocenters. The molecule has 2 saturated heterocycles. The summed E-state index contributed by atoms with van der Waals surface area (Å²) in [4.78, 5) is 28.4. The summed E-state index contributed by atoms with van der Waals surface area (Å²) < 4.78 is 5.23. The van der Waals surface area contributed by atoms with Crippen molar-refractivity contribution < 1.29 is 14.3 Å². The van der Waals surface area contributed by atoms with Crippen molar-refractivity contribution in [3.8, 4) is 0 Å². The molecular formula is C18H24N2O3. The molecule has 2 heterocycles. The van der Waals surface area contributed by atoms with E-state index in [1.54, 1.807) is 0 Å². The summed E-state index contributed by atoms with van der Waals surface area (Å²) in [7, 11) is 0. The highest BCUT2D eigenvalue weighted by atomic mass is 16.6. The average molecular weight is 316 g/mol. The predicted octanol–water partition coefficient (Wildman–Crippen LogP) is 1.39. The third-order valence-corrected chi connectivity index (χ3v) is 4.86. The van der Waals surface area contributed by atoms with Gasteiger partial charge in [-0.2, -0.15) is 0 Å². The number of ether oxygens (including phenoxy) is 1. The van der Waals surface area contributed by atoms with Gasteiger partial charge in [0.05, 0.1) is 6.42 Å².